The van der Waals surface area contributed by atoms with E-state index < -0.39 is 11.5 Å². The molecule has 98 valence electrons. The van der Waals surface area contributed by atoms with Gasteiger partial charge in [0.05, 0.1) is 11.2 Å². The van der Waals surface area contributed by atoms with Crippen LogP contribution >= 0.6 is 11.6 Å². The monoisotopic (exact) mass is 276 g/mol. The summed E-state index contributed by atoms with van der Waals surface area (Å²) in [6, 6.07) is 1.87. The number of nitrogens with zero attached hydrogens (tertiary/aromatic N) is 1. The van der Waals surface area contributed by atoms with Crippen LogP contribution in [-0.2, 0) is 4.79 Å². The van der Waals surface area contributed by atoms with Crippen molar-refractivity contribution in [3.8, 4) is 5.75 Å². The normalized spacial score (nSPS) is 19.9. The van der Waals surface area contributed by atoms with E-state index in [1.54, 1.807) is 12.4 Å². The Morgan fingerprint density at radius 1 is 1.53 bits per heavy atom. The Balaban J connectivity index is 2.23. The lowest BCUT2D eigenvalue weighted by Crippen LogP contribution is -2.34. The van der Waals surface area contributed by atoms with Crippen molar-refractivity contribution in [2.45, 2.75) is 25.9 Å². The molecule has 0 bridgehead atoms. The van der Waals surface area contributed by atoms with Crippen LogP contribution in [0.2, 0.25) is 0 Å². The van der Waals surface area contributed by atoms with Crippen molar-refractivity contribution in [3.63, 3.8) is 0 Å². The van der Waals surface area contributed by atoms with Crippen LogP contribution in [0.1, 0.15) is 25.8 Å². The predicted octanol–water partition coefficient (Wildman–Crippen LogP) is 2.39. The van der Waals surface area contributed by atoms with Gasteiger partial charge in [-0.15, -0.1) is 0 Å². The van der Waals surface area contributed by atoms with E-state index in [9.17, 15) is 4.79 Å². The van der Waals surface area contributed by atoms with Gasteiger partial charge < -0.3 is 10.5 Å². The molecule has 1 aromatic rings. The SMILES string of the molecule is CC1(C)Oc2cnccc2C2=C1C(Cl)=C(C(N)=O)C2. The van der Waals surface area contributed by atoms with Gasteiger partial charge in [0.1, 0.15) is 11.4 Å². The smallest absolute Gasteiger partial charge is 0.246 e. The zero-order chi connectivity index (χ0) is 13.8. The average Bonchev–Trinajstić information content (AvgIpc) is 2.68. The summed E-state index contributed by atoms with van der Waals surface area (Å²) in [5.74, 6) is 0.229. The fourth-order valence-electron chi connectivity index (χ4n) is 2.72. The van der Waals surface area contributed by atoms with Crippen LogP contribution in [0.4, 0.5) is 0 Å². The van der Waals surface area contributed by atoms with Crippen LogP contribution in [-0.4, -0.2) is 16.5 Å². The van der Waals surface area contributed by atoms with Crippen molar-refractivity contribution >= 4 is 23.1 Å². The molecule has 0 unspecified atom stereocenters. The van der Waals surface area contributed by atoms with Gasteiger partial charge >= 0.3 is 0 Å². The number of pyridine rings is 1. The molecule has 0 radical (unpaired) electrons. The molecule has 3 rings (SSSR count). The Kier molecular flexibility index (Phi) is 2.47. The van der Waals surface area contributed by atoms with Crippen molar-refractivity contribution in [3.05, 3.63) is 40.2 Å². The molecular weight excluding hydrogens is 264 g/mol. The van der Waals surface area contributed by atoms with Crippen molar-refractivity contribution < 1.29 is 9.53 Å². The summed E-state index contributed by atoms with van der Waals surface area (Å²) < 4.78 is 5.94. The highest BCUT2D eigenvalue weighted by molar-refractivity contribution is 6.36. The van der Waals surface area contributed by atoms with Gasteiger partial charge in [-0.2, -0.15) is 0 Å². The first-order chi connectivity index (χ1) is 8.92. The molecule has 0 aromatic carbocycles. The van der Waals surface area contributed by atoms with E-state index in [-0.39, 0.29) is 0 Å². The fraction of sp³-hybridized carbons (Fsp3) is 0.286. The first-order valence-electron chi connectivity index (χ1n) is 5.97. The first kappa shape index (κ1) is 12.2. The minimum absolute atomic E-state index is 0.426. The molecule has 0 atom stereocenters. The second-order valence-corrected chi connectivity index (χ2v) is 5.55. The number of ether oxygens (including phenoxy) is 1. The number of aromatic nitrogens is 1. The van der Waals surface area contributed by atoms with Gasteiger partial charge in [-0.25, -0.2) is 0 Å². The van der Waals surface area contributed by atoms with Crippen LogP contribution in [0.25, 0.3) is 5.57 Å². The highest BCUT2D eigenvalue weighted by Crippen LogP contribution is 2.51. The number of nitrogens with two attached hydrogens (primary N) is 1. The number of carbonyl (C=O) groups is 1. The number of fused-ring (bicyclic) bond motifs is 2. The molecule has 5 heteroatoms. The number of carbonyl (C=O) groups excluding carboxylic acids is 1. The summed E-state index contributed by atoms with van der Waals surface area (Å²) in [5, 5.41) is 0.426. The third kappa shape index (κ3) is 1.67. The summed E-state index contributed by atoms with van der Waals surface area (Å²) in [4.78, 5) is 15.5. The maximum Gasteiger partial charge on any atom is 0.246 e. The minimum atomic E-state index is -0.598. The predicted molar refractivity (Wildman–Crippen MR) is 72.6 cm³/mol. The van der Waals surface area contributed by atoms with Crippen molar-refractivity contribution in [2.24, 2.45) is 5.73 Å². The summed E-state index contributed by atoms with van der Waals surface area (Å²) in [6.07, 6.45) is 3.83. The van der Waals surface area contributed by atoms with Crippen LogP contribution in [0.15, 0.2) is 34.6 Å². The Labute approximate surface area is 115 Å². The van der Waals surface area contributed by atoms with E-state index in [4.69, 9.17) is 22.1 Å². The standard InChI is InChI=1S/C14H13ClN2O2/c1-14(2)11-8(5-9(12(11)15)13(16)18)7-3-4-17-6-10(7)19-14/h3-4,6H,5H2,1-2H3,(H2,16,18). The molecule has 1 aliphatic heterocycles. The Morgan fingerprint density at radius 2 is 2.26 bits per heavy atom. The molecule has 2 N–H and O–H groups in total. The number of allylic oxidation sites excluding steroid dienone is 1. The molecule has 4 nitrogen and oxygen atoms in total. The Hall–Kier alpha value is -1.81. The lowest BCUT2D eigenvalue weighted by atomic mass is 9.88. The first-order valence-corrected chi connectivity index (χ1v) is 6.35. The third-order valence-electron chi connectivity index (χ3n) is 3.51. The molecule has 1 aromatic heterocycles. The molecule has 19 heavy (non-hydrogen) atoms. The molecule has 0 saturated heterocycles. The fourth-order valence-corrected chi connectivity index (χ4v) is 3.22. The van der Waals surface area contributed by atoms with Gasteiger partial charge in [-0.05, 0) is 25.5 Å². The van der Waals surface area contributed by atoms with Gasteiger partial charge in [0.15, 0.2) is 0 Å². The number of rotatable bonds is 1. The maximum absolute atomic E-state index is 11.5. The van der Waals surface area contributed by atoms with Crippen molar-refractivity contribution in [1.29, 1.82) is 0 Å². The van der Waals surface area contributed by atoms with Crippen LogP contribution in [0.3, 0.4) is 0 Å². The lowest BCUT2D eigenvalue weighted by Gasteiger charge is -2.34. The van der Waals surface area contributed by atoms with Crippen molar-refractivity contribution in [2.75, 3.05) is 0 Å². The second kappa shape index (κ2) is 3.84. The molecule has 2 aliphatic rings. The number of primary amides is 1. The minimum Gasteiger partial charge on any atom is -0.481 e. The van der Waals surface area contributed by atoms with Gasteiger partial charge in [0, 0.05) is 29.3 Å². The quantitative estimate of drug-likeness (QED) is 0.856. The summed E-state index contributed by atoms with van der Waals surface area (Å²) >= 11 is 6.32. The molecule has 0 fully saturated rings. The van der Waals surface area contributed by atoms with Crippen LogP contribution < -0.4 is 10.5 Å². The molecule has 0 saturated carbocycles. The highest BCUT2D eigenvalue weighted by Gasteiger charge is 2.41. The van der Waals surface area contributed by atoms with Gasteiger partial charge in [-0.3, -0.25) is 9.78 Å². The molecule has 1 aliphatic carbocycles. The summed E-state index contributed by atoms with van der Waals surface area (Å²) in [5.41, 5.74) is 8.03. The number of hydrogen-bond acceptors (Lipinski definition) is 3. The van der Waals surface area contributed by atoms with E-state index in [2.05, 4.69) is 4.98 Å². The van der Waals surface area contributed by atoms with E-state index in [0.717, 1.165) is 16.7 Å². The van der Waals surface area contributed by atoms with E-state index >= 15 is 0 Å². The Morgan fingerprint density at radius 3 is 2.95 bits per heavy atom. The highest BCUT2D eigenvalue weighted by atomic mass is 35.5. The van der Waals surface area contributed by atoms with Gasteiger partial charge in [0.2, 0.25) is 5.91 Å². The van der Waals surface area contributed by atoms with Crippen LogP contribution in [0.5, 0.6) is 5.75 Å². The van der Waals surface area contributed by atoms with Gasteiger partial charge in [0.25, 0.3) is 0 Å². The zero-order valence-corrected chi connectivity index (χ0v) is 11.4. The average molecular weight is 277 g/mol. The van der Waals surface area contributed by atoms with E-state index in [1.165, 1.54) is 0 Å². The third-order valence-corrected chi connectivity index (χ3v) is 3.93. The second-order valence-electron chi connectivity index (χ2n) is 5.17. The molecule has 1 amide bonds. The molecule has 0 spiro atoms. The van der Waals surface area contributed by atoms with E-state index in [1.807, 2.05) is 19.9 Å². The summed E-state index contributed by atoms with van der Waals surface area (Å²) in [7, 11) is 0. The number of amides is 1. The van der Waals surface area contributed by atoms with Crippen LogP contribution in [0, 0.1) is 0 Å². The van der Waals surface area contributed by atoms with Crippen molar-refractivity contribution in [1.82, 2.24) is 4.98 Å². The Bertz CT molecular complexity index is 659. The molecular formula is C14H13ClN2O2. The zero-order valence-electron chi connectivity index (χ0n) is 10.7. The summed E-state index contributed by atoms with van der Waals surface area (Å²) in [6.45, 7) is 3.84. The van der Waals surface area contributed by atoms with E-state index in [0.29, 0.717) is 22.8 Å². The lowest BCUT2D eigenvalue weighted by molar-refractivity contribution is -0.114. The van der Waals surface area contributed by atoms with Gasteiger partial charge in [-0.1, -0.05) is 11.6 Å². The topological polar surface area (TPSA) is 65.2 Å². The molecule has 2 heterocycles. The maximum atomic E-state index is 11.5. The number of hydrogen-bond donors (Lipinski definition) is 1. The largest absolute Gasteiger partial charge is 0.481 e. The number of halogens is 1.